The van der Waals surface area contributed by atoms with E-state index in [1.165, 1.54) is 12.1 Å². The Labute approximate surface area is 157 Å². The zero-order valence-corrected chi connectivity index (χ0v) is 15.3. The Balaban J connectivity index is 1.75. The first-order chi connectivity index (χ1) is 13.1. The van der Waals surface area contributed by atoms with E-state index in [1.54, 1.807) is 18.2 Å². The number of halogens is 2. The third-order valence-electron chi connectivity index (χ3n) is 4.13. The van der Waals surface area contributed by atoms with Crippen molar-refractivity contribution in [2.24, 2.45) is 0 Å². The predicted molar refractivity (Wildman–Crippen MR) is 91.4 cm³/mol. The second-order valence-electron chi connectivity index (χ2n) is 6.23. The first kappa shape index (κ1) is 20.3. The summed E-state index contributed by atoms with van der Waals surface area (Å²) in [5.74, 6) is -2.94. The number of alkyl halides is 2. The topological polar surface area (TPSA) is 120 Å². The van der Waals surface area contributed by atoms with E-state index in [1.807, 2.05) is 4.98 Å². The second kappa shape index (κ2) is 7.51. The monoisotopic (exact) mass is 417 g/mol. The van der Waals surface area contributed by atoms with Gasteiger partial charge in [-0.3, -0.25) is 14.3 Å². The number of para-hydroxylation sites is 1. The molecule has 5 atom stereocenters. The molecule has 0 saturated carbocycles. The van der Waals surface area contributed by atoms with Gasteiger partial charge in [0.25, 0.3) is 11.4 Å². The molecule has 9 nitrogen and oxygen atoms in total. The summed E-state index contributed by atoms with van der Waals surface area (Å²) in [5, 5.41) is 10.1. The minimum atomic E-state index is -3.13. The van der Waals surface area contributed by atoms with Crippen molar-refractivity contribution >= 4 is 8.25 Å². The van der Waals surface area contributed by atoms with Gasteiger partial charge < -0.3 is 9.84 Å². The van der Waals surface area contributed by atoms with Crippen molar-refractivity contribution in [3.63, 3.8) is 0 Å². The Morgan fingerprint density at radius 1 is 1.29 bits per heavy atom. The average Bonchev–Trinajstić information content (AvgIpc) is 2.82. The van der Waals surface area contributed by atoms with Gasteiger partial charge in [0.1, 0.15) is 0 Å². The van der Waals surface area contributed by atoms with Crippen LogP contribution in [0.5, 0.6) is 5.75 Å². The number of aliphatic hydroxyl groups is 1. The molecule has 3 rings (SSSR count). The normalized spacial score (nSPS) is 30.2. The molecule has 1 aliphatic heterocycles. The molecule has 0 aliphatic carbocycles. The summed E-state index contributed by atoms with van der Waals surface area (Å²) in [6.07, 6.45) is -3.39. The summed E-state index contributed by atoms with van der Waals surface area (Å²) >= 11 is 0. The fraction of sp³-hybridized carbons (Fsp3) is 0.375. The second-order valence-corrected chi connectivity index (χ2v) is 7.12. The van der Waals surface area contributed by atoms with Crippen molar-refractivity contribution in [3.8, 4) is 5.75 Å². The lowest BCUT2D eigenvalue weighted by Crippen LogP contribution is -2.47. The molecule has 0 spiro atoms. The molecule has 2 N–H and O–H groups in total. The van der Waals surface area contributed by atoms with Crippen LogP contribution in [0.15, 0.2) is 52.2 Å². The van der Waals surface area contributed by atoms with Crippen molar-refractivity contribution < 1.29 is 32.2 Å². The molecule has 1 aromatic carbocycles. The molecule has 1 aromatic heterocycles. The van der Waals surface area contributed by atoms with E-state index in [-0.39, 0.29) is 5.75 Å². The highest BCUT2D eigenvalue weighted by Crippen LogP contribution is 2.48. The lowest BCUT2D eigenvalue weighted by Gasteiger charge is -2.24. The zero-order valence-electron chi connectivity index (χ0n) is 14.5. The number of aromatic amines is 1. The molecule has 12 heteroatoms. The average molecular weight is 417 g/mol. The predicted octanol–water partition coefficient (Wildman–Crippen LogP) is 1.57. The molecule has 28 heavy (non-hydrogen) atoms. The highest BCUT2D eigenvalue weighted by molar-refractivity contribution is 7.33. The SMILES string of the molecule is C[C@]1(F)[C@H](n2ccc(=O)[nH]c2=O)O[C@](F)(CO[P+](=O)Oc2ccccc2)[C@H]1O. The van der Waals surface area contributed by atoms with Crippen molar-refractivity contribution in [2.45, 2.75) is 30.8 Å². The molecule has 2 aromatic rings. The van der Waals surface area contributed by atoms with E-state index in [2.05, 4.69) is 0 Å². The third-order valence-corrected chi connectivity index (χ3v) is 4.83. The Hall–Kier alpha value is -2.46. The van der Waals surface area contributed by atoms with Crippen LogP contribution in [0.1, 0.15) is 13.2 Å². The van der Waals surface area contributed by atoms with Crippen LogP contribution >= 0.6 is 8.25 Å². The molecule has 0 radical (unpaired) electrons. The molecule has 0 bridgehead atoms. The lowest BCUT2D eigenvalue weighted by atomic mass is 9.97. The van der Waals surface area contributed by atoms with E-state index in [9.17, 15) is 23.7 Å². The summed E-state index contributed by atoms with van der Waals surface area (Å²) in [4.78, 5) is 24.9. The molecule has 1 aliphatic rings. The van der Waals surface area contributed by atoms with Gasteiger partial charge in [-0.1, -0.05) is 18.2 Å². The van der Waals surface area contributed by atoms with Crippen LogP contribution in [-0.4, -0.2) is 38.9 Å². The van der Waals surface area contributed by atoms with Gasteiger partial charge in [-0.25, -0.2) is 18.1 Å². The molecule has 0 amide bonds. The van der Waals surface area contributed by atoms with Gasteiger partial charge in [-0.2, -0.15) is 0 Å². The summed E-state index contributed by atoms with van der Waals surface area (Å²) in [5.41, 5.74) is -4.57. The number of nitrogens with zero attached hydrogens (tertiary/aromatic N) is 1. The lowest BCUT2D eigenvalue weighted by molar-refractivity contribution is -0.203. The van der Waals surface area contributed by atoms with Crippen LogP contribution in [0.2, 0.25) is 0 Å². The number of hydrogen-bond donors (Lipinski definition) is 2. The maximum Gasteiger partial charge on any atom is 0.750 e. The quantitative estimate of drug-likeness (QED) is 0.685. The number of ether oxygens (including phenoxy) is 1. The number of benzene rings is 1. The molecule has 1 fully saturated rings. The minimum Gasteiger partial charge on any atom is -0.383 e. The van der Waals surface area contributed by atoms with Crippen LogP contribution in [0.3, 0.4) is 0 Å². The maximum absolute atomic E-state index is 15.0. The molecule has 2 heterocycles. The largest absolute Gasteiger partial charge is 0.750 e. The van der Waals surface area contributed by atoms with Gasteiger partial charge in [-0.15, -0.1) is 4.52 Å². The van der Waals surface area contributed by atoms with Crippen LogP contribution in [0.4, 0.5) is 8.78 Å². The maximum atomic E-state index is 15.0. The number of nitrogens with one attached hydrogen (secondary N) is 1. The minimum absolute atomic E-state index is 0.192. The van der Waals surface area contributed by atoms with E-state index < -0.39 is 50.0 Å². The number of hydrogen-bond acceptors (Lipinski definition) is 7. The van der Waals surface area contributed by atoms with Gasteiger partial charge >= 0.3 is 13.9 Å². The van der Waals surface area contributed by atoms with Crippen molar-refractivity contribution in [3.05, 3.63) is 63.4 Å². The van der Waals surface area contributed by atoms with E-state index in [4.69, 9.17) is 13.8 Å². The zero-order chi connectivity index (χ0) is 20.5. The summed E-state index contributed by atoms with van der Waals surface area (Å²) in [7, 11) is -2.85. The van der Waals surface area contributed by atoms with Crippen molar-refractivity contribution in [1.82, 2.24) is 9.55 Å². The van der Waals surface area contributed by atoms with Crippen LogP contribution < -0.4 is 15.8 Å². The highest BCUT2D eigenvalue weighted by Gasteiger charge is 2.65. The summed E-state index contributed by atoms with van der Waals surface area (Å²) in [6, 6.07) is 8.80. The number of H-pyrrole nitrogens is 1. The van der Waals surface area contributed by atoms with Gasteiger partial charge in [0.05, 0.1) is 0 Å². The number of aliphatic hydroxyl groups excluding tert-OH is 1. The van der Waals surface area contributed by atoms with Crippen LogP contribution in [-0.2, 0) is 13.8 Å². The third kappa shape index (κ3) is 3.88. The first-order valence-electron chi connectivity index (χ1n) is 8.02. The van der Waals surface area contributed by atoms with Gasteiger partial charge in [-0.05, 0) is 19.1 Å². The summed E-state index contributed by atoms with van der Waals surface area (Å²) < 4.78 is 57.1. The van der Waals surface area contributed by atoms with Crippen molar-refractivity contribution in [2.75, 3.05) is 6.61 Å². The Morgan fingerprint density at radius 2 is 1.96 bits per heavy atom. The summed E-state index contributed by atoms with van der Waals surface area (Å²) in [6.45, 7) is -0.313. The Kier molecular flexibility index (Phi) is 5.44. The van der Waals surface area contributed by atoms with Crippen LogP contribution in [0, 0.1) is 0 Å². The Bertz CT molecular complexity index is 981. The van der Waals surface area contributed by atoms with E-state index in [0.29, 0.717) is 4.57 Å². The van der Waals surface area contributed by atoms with E-state index in [0.717, 1.165) is 19.2 Å². The van der Waals surface area contributed by atoms with Gasteiger partial charge in [0.15, 0.2) is 30.4 Å². The van der Waals surface area contributed by atoms with Gasteiger partial charge in [0.2, 0.25) is 0 Å². The van der Waals surface area contributed by atoms with Crippen molar-refractivity contribution in [1.29, 1.82) is 0 Å². The van der Waals surface area contributed by atoms with Gasteiger partial charge in [0, 0.05) is 16.8 Å². The van der Waals surface area contributed by atoms with E-state index >= 15 is 4.39 Å². The smallest absolute Gasteiger partial charge is 0.383 e. The molecular formula is C16H16F2N2O7P+. The highest BCUT2D eigenvalue weighted by atomic mass is 31.1. The fourth-order valence-corrected chi connectivity index (χ4v) is 3.34. The molecule has 1 saturated heterocycles. The number of rotatable bonds is 6. The fourth-order valence-electron chi connectivity index (χ4n) is 2.71. The molecular weight excluding hydrogens is 401 g/mol. The number of aromatic nitrogens is 2. The molecule has 150 valence electrons. The Morgan fingerprint density at radius 3 is 2.61 bits per heavy atom. The standard InChI is InChI=1S/C16H15F2N2O7P/c1-15(17)12(22)16(18,9-25-28(24)27-10-5-3-2-4-6-10)26-13(15)20-8-7-11(21)19-14(20)23/h2-8,12-13,22H,9H2,1H3/p+1/t12-,13+,15+,16+/m0/s1. The molecule has 1 unspecified atom stereocenters. The van der Waals surface area contributed by atoms with Crippen LogP contribution in [0.25, 0.3) is 0 Å². The first-order valence-corrected chi connectivity index (χ1v) is 9.11.